The fourth-order valence-corrected chi connectivity index (χ4v) is 12.6. The fourth-order valence-electron chi connectivity index (χ4n) is 7.13. The number of rotatable bonds is 7. The van der Waals surface area contributed by atoms with Crippen LogP contribution in [0.1, 0.15) is 94.4 Å². The van der Waals surface area contributed by atoms with Crippen molar-refractivity contribution >= 4 is 14.1 Å². The summed E-state index contributed by atoms with van der Waals surface area (Å²) in [7, 11) is -1.84. The van der Waals surface area contributed by atoms with Gasteiger partial charge in [-0.1, -0.05) is 67.5 Å². The molecule has 0 aromatic carbocycles. The number of hydrogen-bond donors (Lipinski definition) is 0. The highest BCUT2D eigenvalue weighted by molar-refractivity contribution is 6.77. The SMILES string of the molecule is C=C1CCC[C@@H]2[C@]1(C)C(=O)C[C@@H](C)[C@@]2(C)CCO[Si](C(C)C)(C(C)C)C(C)C. The van der Waals surface area contributed by atoms with Crippen molar-refractivity contribution < 1.29 is 9.22 Å². The zero-order valence-electron chi connectivity index (χ0n) is 20.2. The molecule has 2 rings (SSSR count). The topological polar surface area (TPSA) is 26.3 Å². The Balaban J connectivity index is 2.26. The molecule has 0 radical (unpaired) electrons. The molecule has 2 aliphatic carbocycles. The molecule has 0 aromatic rings. The molecule has 0 aliphatic heterocycles. The molecule has 0 aromatic heterocycles. The van der Waals surface area contributed by atoms with Crippen LogP contribution in [0.15, 0.2) is 12.2 Å². The third kappa shape index (κ3) is 3.60. The summed E-state index contributed by atoms with van der Waals surface area (Å²) in [5.41, 5.74) is 2.86. The minimum absolute atomic E-state index is 0.150. The summed E-state index contributed by atoms with van der Waals surface area (Å²) in [6.45, 7) is 26.3. The maximum Gasteiger partial charge on any atom is 0.200 e. The van der Waals surface area contributed by atoms with E-state index < -0.39 is 8.32 Å². The summed E-state index contributed by atoms with van der Waals surface area (Å²) >= 11 is 0. The lowest BCUT2D eigenvalue weighted by Crippen LogP contribution is -2.56. The number of Topliss-reactive ketones (excluding diaryl/α,β-unsaturated/α-hetero) is 1. The number of carbonyl (C=O) groups excluding carboxylic acids is 1. The second kappa shape index (κ2) is 8.38. The quantitative estimate of drug-likeness (QED) is 0.322. The number of fused-ring (bicyclic) bond motifs is 1. The van der Waals surface area contributed by atoms with Crippen molar-refractivity contribution in [3.05, 3.63) is 12.2 Å². The third-order valence-electron chi connectivity index (χ3n) is 9.10. The monoisotopic (exact) mass is 406 g/mol. The Morgan fingerprint density at radius 1 is 1.11 bits per heavy atom. The second-order valence-corrected chi connectivity index (χ2v) is 16.7. The molecule has 0 spiro atoms. The highest BCUT2D eigenvalue weighted by atomic mass is 28.4. The van der Waals surface area contributed by atoms with E-state index >= 15 is 0 Å². The molecule has 28 heavy (non-hydrogen) atoms. The molecule has 4 atom stereocenters. The van der Waals surface area contributed by atoms with Crippen molar-refractivity contribution in [2.45, 2.75) is 111 Å². The van der Waals surface area contributed by atoms with Gasteiger partial charge in [0, 0.05) is 13.0 Å². The number of ketones is 1. The van der Waals surface area contributed by atoms with Crippen molar-refractivity contribution in [1.29, 1.82) is 0 Å². The van der Waals surface area contributed by atoms with Crippen LogP contribution in [0.25, 0.3) is 0 Å². The Morgan fingerprint density at radius 2 is 1.64 bits per heavy atom. The Labute approximate surface area is 176 Å². The molecule has 162 valence electrons. The molecular formula is C25H46O2Si. The summed E-state index contributed by atoms with van der Waals surface area (Å²) < 4.78 is 6.93. The van der Waals surface area contributed by atoms with Gasteiger partial charge in [0.05, 0.1) is 5.41 Å². The summed E-state index contributed by atoms with van der Waals surface area (Å²) in [5.74, 6) is 1.26. The lowest BCUT2D eigenvalue weighted by Gasteiger charge is -2.57. The maximum atomic E-state index is 13.1. The van der Waals surface area contributed by atoms with E-state index in [1.54, 1.807) is 0 Å². The van der Waals surface area contributed by atoms with Gasteiger partial charge in [0.2, 0.25) is 0 Å². The van der Waals surface area contributed by atoms with E-state index in [4.69, 9.17) is 4.43 Å². The van der Waals surface area contributed by atoms with Crippen molar-refractivity contribution in [1.82, 2.24) is 0 Å². The van der Waals surface area contributed by atoms with Gasteiger partial charge in [-0.3, -0.25) is 4.79 Å². The Bertz CT molecular complexity index is 572. The lowest BCUT2D eigenvalue weighted by molar-refractivity contribution is -0.146. The van der Waals surface area contributed by atoms with Gasteiger partial charge in [0.25, 0.3) is 0 Å². The standard InChI is InChI=1S/C25H46O2Si/c1-17(2)28(18(3)4,19(5)6)27-15-14-24(9)21(8)16-23(26)25(10)20(7)12-11-13-22(24)25/h17-19,21-22H,7,11-16H2,1-6,8-10H3/t21-,22+,24-,25-/m1/s1. The summed E-state index contributed by atoms with van der Waals surface area (Å²) in [6.07, 6.45) is 5.12. The fraction of sp³-hybridized carbons (Fsp3) is 0.880. The van der Waals surface area contributed by atoms with Gasteiger partial charge in [-0.25, -0.2) is 0 Å². The van der Waals surface area contributed by atoms with Crippen LogP contribution in [-0.2, 0) is 9.22 Å². The first-order valence-corrected chi connectivity index (χ1v) is 13.8. The molecule has 0 saturated heterocycles. The lowest BCUT2D eigenvalue weighted by atomic mass is 9.46. The average molecular weight is 407 g/mol. The van der Waals surface area contributed by atoms with Gasteiger partial charge >= 0.3 is 0 Å². The summed E-state index contributed by atoms with van der Waals surface area (Å²) in [4.78, 5) is 13.1. The van der Waals surface area contributed by atoms with E-state index in [1.165, 1.54) is 12.0 Å². The summed E-state index contributed by atoms with van der Waals surface area (Å²) in [5, 5.41) is 0. The molecule has 3 heteroatoms. The highest BCUT2D eigenvalue weighted by Gasteiger charge is 2.58. The molecule has 0 heterocycles. The van der Waals surface area contributed by atoms with Gasteiger partial charge in [-0.15, -0.1) is 0 Å². The zero-order chi connectivity index (χ0) is 21.5. The number of hydrogen-bond acceptors (Lipinski definition) is 2. The Morgan fingerprint density at radius 3 is 2.14 bits per heavy atom. The van der Waals surface area contributed by atoms with E-state index in [1.807, 2.05) is 0 Å². The van der Waals surface area contributed by atoms with E-state index in [9.17, 15) is 4.79 Å². The van der Waals surface area contributed by atoms with E-state index in [0.29, 0.717) is 40.7 Å². The predicted octanol–water partition coefficient (Wildman–Crippen LogP) is 7.55. The molecule has 0 amide bonds. The van der Waals surface area contributed by atoms with Crippen molar-refractivity contribution in [2.75, 3.05) is 6.61 Å². The molecule has 2 nitrogen and oxygen atoms in total. The van der Waals surface area contributed by atoms with Gasteiger partial charge in [0.1, 0.15) is 5.78 Å². The molecular weight excluding hydrogens is 360 g/mol. The van der Waals surface area contributed by atoms with Gasteiger partial charge < -0.3 is 4.43 Å². The summed E-state index contributed by atoms with van der Waals surface area (Å²) in [6, 6.07) is 0. The Kier molecular flexibility index (Phi) is 7.14. The first-order chi connectivity index (χ1) is 12.8. The molecule has 2 fully saturated rings. The molecule has 0 unspecified atom stereocenters. The normalized spacial score (nSPS) is 34.4. The van der Waals surface area contributed by atoms with Crippen molar-refractivity contribution in [3.8, 4) is 0 Å². The predicted molar refractivity (Wildman–Crippen MR) is 123 cm³/mol. The van der Waals surface area contributed by atoms with Crippen LogP contribution in [0, 0.1) is 22.7 Å². The van der Waals surface area contributed by atoms with Crippen LogP contribution in [0.3, 0.4) is 0 Å². The first-order valence-electron chi connectivity index (χ1n) is 11.7. The maximum absolute atomic E-state index is 13.1. The van der Waals surface area contributed by atoms with Crippen LogP contribution in [0.5, 0.6) is 0 Å². The number of carbonyl (C=O) groups is 1. The largest absolute Gasteiger partial charge is 0.416 e. The molecule has 0 bridgehead atoms. The average Bonchev–Trinajstić information content (AvgIpc) is 2.58. The first kappa shape index (κ1) is 23.9. The van der Waals surface area contributed by atoms with Crippen LogP contribution in [0.2, 0.25) is 16.6 Å². The van der Waals surface area contributed by atoms with Crippen molar-refractivity contribution in [3.63, 3.8) is 0 Å². The van der Waals surface area contributed by atoms with E-state index in [2.05, 4.69) is 68.9 Å². The van der Waals surface area contributed by atoms with Crippen molar-refractivity contribution in [2.24, 2.45) is 22.7 Å². The third-order valence-corrected chi connectivity index (χ3v) is 15.2. The molecule has 2 aliphatic rings. The highest BCUT2D eigenvalue weighted by Crippen LogP contribution is 2.61. The number of allylic oxidation sites excluding steroid dienone is 1. The zero-order valence-corrected chi connectivity index (χ0v) is 21.2. The second-order valence-electron chi connectivity index (χ2n) is 11.2. The van der Waals surface area contributed by atoms with Crippen LogP contribution in [0.4, 0.5) is 0 Å². The van der Waals surface area contributed by atoms with Crippen LogP contribution < -0.4 is 0 Å². The molecule has 0 N–H and O–H groups in total. The van der Waals surface area contributed by atoms with Crippen LogP contribution in [-0.4, -0.2) is 20.7 Å². The molecule has 2 saturated carbocycles. The van der Waals surface area contributed by atoms with E-state index in [-0.39, 0.29) is 10.8 Å². The van der Waals surface area contributed by atoms with Gasteiger partial charge in [0.15, 0.2) is 8.32 Å². The van der Waals surface area contributed by atoms with Gasteiger partial charge in [-0.05, 0) is 66.5 Å². The van der Waals surface area contributed by atoms with Crippen LogP contribution >= 0.6 is 0 Å². The smallest absolute Gasteiger partial charge is 0.200 e. The Hall–Kier alpha value is -0.413. The minimum atomic E-state index is -1.84. The van der Waals surface area contributed by atoms with E-state index in [0.717, 1.165) is 25.9 Å². The van der Waals surface area contributed by atoms with Gasteiger partial charge in [-0.2, -0.15) is 0 Å². The minimum Gasteiger partial charge on any atom is -0.416 e.